The standard InChI is InChI=1S/C11H15Cl2NO3S/c1-8(15)5-6-14-18(16,17)7-9-10(12)3-2-4-11(9)13/h2-4,8,14-15H,5-7H2,1H3. The topological polar surface area (TPSA) is 66.4 Å². The van der Waals surface area contributed by atoms with Crippen LogP contribution < -0.4 is 4.72 Å². The molecule has 0 aliphatic rings. The quantitative estimate of drug-likeness (QED) is 0.846. The predicted molar refractivity (Wildman–Crippen MR) is 73.4 cm³/mol. The number of nitrogens with one attached hydrogen (secondary N) is 1. The van der Waals surface area contributed by atoms with E-state index in [2.05, 4.69) is 4.72 Å². The van der Waals surface area contributed by atoms with E-state index in [1.54, 1.807) is 25.1 Å². The molecule has 7 heteroatoms. The van der Waals surface area contributed by atoms with E-state index in [0.717, 1.165) is 0 Å². The molecule has 0 amide bonds. The van der Waals surface area contributed by atoms with Crippen LogP contribution in [0, 0.1) is 0 Å². The minimum Gasteiger partial charge on any atom is -0.393 e. The van der Waals surface area contributed by atoms with E-state index < -0.39 is 16.1 Å². The summed E-state index contributed by atoms with van der Waals surface area (Å²) in [5, 5.41) is 9.70. The third-order valence-electron chi connectivity index (χ3n) is 2.28. The number of aliphatic hydroxyl groups is 1. The summed E-state index contributed by atoms with van der Waals surface area (Å²) < 4.78 is 25.9. The zero-order valence-corrected chi connectivity index (χ0v) is 12.2. The fourth-order valence-electron chi connectivity index (χ4n) is 1.33. The van der Waals surface area contributed by atoms with Crippen LogP contribution in [-0.4, -0.2) is 26.2 Å². The zero-order valence-electron chi connectivity index (χ0n) is 9.86. The number of hydrogen-bond acceptors (Lipinski definition) is 3. The van der Waals surface area contributed by atoms with Crippen LogP contribution in [0.2, 0.25) is 10.0 Å². The molecular weight excluding hydrogens is 297 g/mol. The summed E-state index contributed by atoms with van der Waals surface area (Å²) in [6.07, 6.45) is -0.188. The van der Waals surface area contributed by atoms with E-state index in [1.807, 2.05) is 0 Å². The molecule has 0 bridgehead atoms. The van der Waals surface area contributed by atoms with Crippen molar-refractivity contribution in [1.29, 1.82) is 0 Å². The Morgan fingerprint density at radius 3 is 2.39 bits per heavy atom. The lowest BCUT2D eigenvalue weighted by Gasteiger charge is -2.10. The highest BCUT2D eigenvalue weighted by molar-refractivity contribution is 7.88. The second kappa shape index (κ2) is 6.73. The first-order valence-corrected chi connectivity index (χ1v) is 7.81. The maximum absolute atomic E-state index is 11.8. The number of hydrogen-bond donors (Lipinski definition) is 2. The van der Waals surface area contributed by atoms with Crippen molar-refractivity contribution in [3.63, 3.8) is 0 Å². The maximum Gasteiger partial charge on any atom is 0.215 e. The molecule has 0 saturated carbocycles. The Bertz CT molecular complexity index is 483. The molecule has 1 atom stereocenters. The highest BCUT2D eigenvalue weighted by atomic mass is 35.5. The summed E-state index contributed by atoms with van der Waals surface area (Å²) in [5.74, 6) is -0.273. The van der Waals surface area contributed by atoms with Crippen LogP contribution in [0.3, 0.4) is 0 Å². The average molecular weight is 312 g/mol. The first-order chi connectivity index (χ1) is 8.32. The van der Waals surface area contributed by atoms with E-state index in [9.17, 15) is 8.42 Å². The van der Waals surface area contributed by atoms with Gasteiger partial charge in [-0.05, 0) is 25.5 Å². The Morgan fingerprint density at radius 2 is 1.89 bits per heavy atom. The minimum absolute atomic E-state index is 0.183. The van der Waals surface area contributed by atoms with Crippen LogP contribution in [0.5, 0.6) is 0 Å². The molecule has 0 aromatic heterocycles. The second-order valence-electron chi connectivity index (χ2n) is 3.99. The summed E-state index contributed by atoms with van der Waals surface area (Å²) in [6.45, 7) is 1.78. The number of halogens is 2. The van der Waals surface area contributed by atoms with Gasteiger partial charge in [-0.1, -0.05) is 29.3 Å². The van der Waals surface area contributed by atoms with Gasteiger partial charge in [0.2, 0.25) is 10.0 Å². The molecule has 0 radical (unpaired) electrons. The van der Waals surface area contributed by atoms with E-state index in [0.29, 0.717) is 22.0 Å². The van der Waals surface area contributed by atoms with E-state index >= 15 is 0 Å². The molecule has 0 aliphatic carbocycles. The van der Waals surface area contributed by atoms with Gasteiger partial charge in [-0.25, -0.2) is 13.1 Å². The summed E-state index contributed by atoms with van der Waals surface area (Å²) in [6, 6.07) is 4.84. The Hall–Kier alpha value is -0.330. The third kappa shape index (κ3) is 5.12. The van der Waals surface area contributed by atoms with Crippen LogP contribution in [0.25, 0.3) is 0 Å². The molecule has 0 saturated heterocycles. The van der Waals surface area contributed by atoms with Crippen molar-refractivity contribution in [3.8, 4) is 0 Å². The van der Waals surface area contributed by atoms with Crippen molar-refractivity contribution in [3.05, 3.63) is 33.8 Å². The number of rotatable bonds is 6. The van der Waals surface area contributed by atoms with Gasteiger partial charge in [0.05, 0.1) is 11.9 Å². The lowest BCUT2D eigenvalue weighted by molar-refractivity contribution is 0.186. The predicted octanol–water partition coefficient (Wildman–Crippen LogP) is 2.18. The van der Waals surface area contributed by atoms with Gasteiger partial charge in [-0.3, -0.25) is 0 Å². The van der Waals surface area contributed by atoms with Gasteiger partial charge in [0, 0.05) is 22.2 Å². The van der Waals surface area contributed by atoms with Gasteiger partial charge in [0.15, 0.2) is 0 Å². The highest BCUT2D eigenvalue weighted by Crippen LogP contribution is 2.25. The van der Waals surface area contributed by atoms with Gasteiger partial charge >= 0.3 is 0 Å². The Balaban J connectivity index is 2.71. The van der Waals surface area contributed by atoms with Crippen molar-refractivity contribution in [2.24, 2.45) is 0 Å². The highest BCUT2D eigenvalue weighted by Gasteiger charge is 2.16. The van der Waals surface area contributed by atoms with Gasteiger partial charge in [-0.15, -0.1) is 0 Å². The summed E-state index contributed by atoms with van der Waals surface area (Å²) in [4.78, 5) is 0. The molecule has 4 nitrogen and oxygen atoms in total. The minimum atomic E-state index is -3.51. The van der Waals surface area contributed by atoms with E-state index in [1.165, 1.54) is 0 Å². The van der Waals surface area contributed by atoms with Crippen LogP contribution in [0.15, 0.2) is 18.2 Å². The SMILES string of the molecule is CC(O)CCNS(=O)(=O)Cc1c(Cl)cccc1Cl. The average Bonchev–Trinajstić information content (AvgIpc) is 2.23. The van der Waals surface area contributed by atoms with E-state index in [4.69, 9.17) is 28.3 Å². The molecule has 0 aliphatic heterocycles. The van der Waals surface area contributed by atoms with Crippen LogP contribution in [-0.2, 0) is 15.8 Å². The summed E-state index contributed by atoms with van der Waals surface area (Å²) in [5.41, 5.74) is 0.380. The van der Waals surface area contributed by atoms with Crippen LogP contribution >= 0.6 is 23.2 Å². The molecule has 102 valence electrons. The smallest absolute Gasteiger partial charge is 0.215 e. The number of sulfonamides is 1. The summed E-state index contributed by atoms with van der Waals surface area (Å²) >= 11 is 11.8. The molecule has 2 N–H and O–H groups in total. The van der Waals surface area contributed by atoms with E-state index in [-0.39, 0.29) is 12.3 Å². The van der Waals surface area contributed by atoms with Crippen molar-refractivity contribution >= 4 is 33.2 Å². The molecule has 0 spiro atoms. The number of aliphatic hydroxyl groups excluding tert-OH is 1. The van der Waals surface area contributed by atoms with Crippen LogP contribution in [0.4, 0.5) is 0 Å². The molecular formula is C11H15Cl2NO3S. The molecule has 1 aromatic carbocycles. The lowest BCUT2D eigenvalue weighted by Crippen LogP contribution is -2.28. The van der Waals surface area contributed by atoms with Crippen molar-refractivity contribution in [2.45, 2.75) is 25.2 Å². The van der Waals surface area contributed by atoms with Crippen molar-refractivity contribution < 1.29 is 13.5 Å². The normalized spacial score (nSPS) is 13.6. The number of benzene rings is 1. The van der Waals surface area contributed by atoms with Crippen molar-refractivity contribution in [2.75, 3.05) is 6.54 Å². The van der Waals surface area contributed by atoms with Gasteiger partial charge in [-0.2, -0.15) is 0 Å². The van der Waals surface area contributed by atoms with Crippen molar-refractivity contribution in [1.82, 2.24) is 4.72 Å². The Labute approximate surface area is 117 Å². The Kier molecular flexibility index (Phi) is 5.88. The lowest BCUT2D eigenvalue weighted by atomic mass is 10.2. The fraction of sp³-hybridized carbons (Fsp3) is 0.455. The zero-order chi connectivity index (χ0) is 13.8. The third-order valence-corrected chi connectivity index (χ3v) is 4.30. The monoisotopic (exact) mass is 311 g/mol. The van der Waals surface area contributed by atoms with Crippen LogP contribution in [0.1, 0.15) is 18.9 Å². The van der Waals surface area contributed by atoms with Gasteiger partial charge < -0.3 is 5.11 Å². The summed E-state index contributed by atoms with van der Waals surface area (Å²) in [7, 11) is -3.51. The largest absolute Gasteiger partial charge is 0.393 e. The fourth-order valence-corrected chi connectivity index (χ4v) is 3.25. The maximum atomic E-state index is 11.8. The first kappa shape index (κ1) is 15.7. The molecule has 1 unspecified atom stereocenters. The Morgan fingerprint density at radius 1 is 1.33 bits per heavy atom. The molecule has 0 heterocycles. The molecule has 0 fully saturated rings. The molecule has 1 rings (SSSR count). The molecule has 1 aromatic rings. The molecule has 18 heavy (non-hydrogen) atoms. The first-order valence-electron chi connectivity index (χ1n) is 5.40. The van der Waals surface area contributed by atoms with Gasteiger partial charge in [0.1, 0.15) is 0 Å². The van der Waals surface area contributed by atoms with Gasteiger partial charge in [0.25, 0.3) is 0 Å². The second-order valence-corrected chi connectivity index (χ2v) is 6.61.